The summed E-state index contributed by atoms with van der Waals surface area (Å²) in [5, 5.41) is 1.81. The smallest absolute Gasteiger partial charge is 0.136 e. The summed E-state index contributed by atoms with van der Waals surface area (Å²) in [6, 6.07) is 22.0. The third-order valence-electron chi connectivity index (χ3n) is 5.14. The van der Waals surface area contributed by atoms with Crippen molar-refractivity contribution in [2.24, 2.45) is 4.99 Å². The maximum atomic E-state index is 6.31. The largest absolute Gasteiger partial charge is 0.457 e. The SMILES string of the molecule is Clc1ccccc1-c1ccc(/C=C2/CCCN=C2c2ccc3ncccc3c2)o1. The van der Waals surface area contributed by atoms with Gasteiger partial charge in [-0.15, -0.1) is 0 Å². The van der Waals surface area contributed by atoms with Crippen molar-refractivity contribution in [1.29, 1.82) is 0 Å². The van der Waals surface area contributed by atoms with E-state index in [0.29, 0.717) is 5.02 Å². The average Bonchev–Trinajstić information content (AvgIpc) is 3.22. The molecule has 0 N–H and O–H groups in total. The van der Waals surface area contributed by atoms with Gasteiger partial charge in [0, 0.05) is 29.3 Å². The van der Waals surface area contributed by atoms with Gasteiger partial charge in [-0.05, 0) is 67.0 Å². The van der Waals surface area contributed by atoms with Crippen LogP contribution in [0, 0.1) is 0 Å². The molecule has 1 aliphatic rings. The first-order valence-electron chi connectivity index (χ1n) is 9.73. The van der Waals surface area contributed by atoms with E-state index < -0.39 is 0 Å². The number of halogens is 1. The number of benzene rings is 2. The number of rotatable bonds is 3. The van der Waals surface area contributed by atoms with Gasteiger partial charge in [0.15, 0.2) is 0 Å². The minimum Gasteiger partial charge on any atom is -0.457 e. The summed E-state index contributed by atoms with van der Waals surface area (Å²) < 4.78 is 6.08. The van der Waals surface area contributed by atoms with Gasteiger partial charge in [0.25, 0.3) is 0 Å². The third-order valence-corrected chi connectivity index (χ3v) is 5.47. The molecular formula is C25H19ClN2O. The van der Waals surface area contributed by atoms with Crippen LogP contribution >= 0.6 is 11.6 Å². The summed E-state index contributed by atoms with van der Waals surface area (Å²) in [6.07, 6.45) is 5.94. The molecule has 0 bridgehead atoms. The molecule has 0 fully saturated rings. The van der Waals surface area contributed by atoms with E-state index in [-0.39, 0.29) is 0 Å². The molecule has 29 heavy (non-hydrogen) atoms. The lowest BCUT2D eigenvalue weighted by Gasteiger charge is -2.16. The molecule has 0 aliphatic carbocycles. The Balaban J connectivity index is 1.51. The van der Waals surface area contributed by atoms with Crippen LogP contribution in [0.15, 0.2) is 87.9 Å². The molecule has 2 aromatic heterocycles. The summed E-state index contributed by atoms with van der Waals surface area (Å²) in [7, 11) is 0. The molecule has 0 amide bonds. The number of hydrogen-bond acceptors (Lipinski definition) is 3. The molecule has 0 radical (unpaired) electrons. The maximum Gasteiger partial charge on any atom is 0.136 e. The van der Waals surface area contributed by atoms with Crippen molar-refractivity contribution in [3.63, 3.8) is 0 Å². The molecule has 3 nitrogen and oxygen atoms in total. The number of hydrogen-bond donors (Lipinski definition) is 0. The van der Waals surface area contributed by atoms with Crippen LogP contribution in [0.2, 0.25) is 5.02 Å². The lowest BCUT2D eigenvalue weighted by molar-refractivity contribution is 0.571. The van der Waals surface area contributed by atoms with Crippen molar-refractivity contribution < 1.29 is 4.42 Å². The highest BCUT2D eigenvalue weighted by Gasteiger charge is 2.16. The molecule has 0 saturated heterocycles. The van der Waals surface area contributed by atoms with E-state index in [4.69, 9.17) is 21.0 Å². The first-order chi connectivity index (χ1) is 14.3. The van der Waals surface area contributed by atoms with Gasteiger partial charge < -0.3 is 4.42 Å². The van der Waals surface area contributed by atoms with Crippen molar-refractivity contribution in [2.45, 2.75) is 12.8 Å². The number of aromatic nitrogens is 1. The van der Waals surface area contributed by atoms with Crippen LogP contribution < -0.4 is 0 Å². The second-order valence-corrected chi connectivity index (χ2v) is 7.50. The Morgan fingerprint density at radius 1 is 0.966 bits per heavy atom. The lowest BCUT2D eigenvalue weighted by atomic mass is 9.94. The molecule has 1 aliphatic heterocycles. The van der Waals surface area contributed by atoms with Crippen LogP contribution in [-0.2, 0) is 0 Å². The van der Waals surface area contributed by atoms with Gasteiger partial charge in [-0.1, -0.05) is 35.9 Å². The summed E-state index contributed by atoms with van der Waals surface area (Å²) in [4.78, 5) is 9.24. The summed E-state index contributed by atoms with van der Waals surface area (Å²) in [5.74, 6) is 1.58. The van der Waals surface area contributed by atoms with Gasteiger partial charge in [0.2, 0.25) is 0 Å². The van der Waals surface area contributed by atoms with Crippen LogP contribution in [0.25, 0.3) is 28.3 Å². The first-order valence-corrected chi connectivity index (χ1v) is 10.1. The molecule has 2 aromatic carbocycles. The zero-order valence-electron chi connectivity index (χ0n) is 15.8. The fourth-order valence-corrected chi connectivity index (χ4v) is 3.96. The van der Waals surface area contributed by atoms with Crippen molar-refractivity contribution in [3.05, 3.63) is 94.8 Å². The first kappa shape index (κ1) is 17.9. The van der Waals surface area contributed by atoms with Gasteiger partial charge >= 0.3 is 0 Å². The Morgan fingerprint density at radius 3 is 2.83 bits per heavy atom. The van der Waals surface area contributed by atoms with E-state index in [1.165, 1.54) is 5.57 Å². The number of fused-ring (bicyclic) bond motifs is 1. The van der Waals surface area contributed by atoms with E-state index in [1.54, 1.807) is 0 Å². The Bertz CT molecular complexity index is 1250. The normalized spacial score (nSPS) is 15.6. The molecule has 142 valence electrons. The highest BCUT2D eigenvalue weighted by Crippen LogP contribution is 2.31. The Morgan fingerprint density at radius 2 is 1.90 bits per heavy atom. The van der Waals surface area contributed by atoms with Crippen LogP contribution in [0.3, 0.4) is 0 Å². The van der Waals surface area contributed by atoms with Crippen LogP contribution in [0.4, 0.5) is 0 Å². The number of pyridine rings is 1. The minimum absolute atomic E-state index is 0.686. The average molecular weight is 399 g/mol. The van der Waals surface area contributed by atoms with Gasteiger partial charge in [0.1, 0.15) is 11.5 Å². The van der Waals surface area contributed by atoms with Crippen molar-refractivity contribution in [1.82, 2.24) is 4.98 Å². The van der Waals surface area contributed by atoms with Crippen molar-refractivity contribution in [2.75, 3.05) is 6.54 Å². The Labute approximate surface area is 174 Å². The fourth-order valence-electron chi connectivity index (χ4n) is 3.73. The van der Waals surface area contributed by atoms with Crippen LogP contribution in [-0.4, -0.2) is 17.2 Å². The number of nitrogens with zero attached hydrogens (tertiary/aromatic N) is 2. The topological polar surface area (TPSA) is 38.4 Å². The molecule has 0 unspecified atom stereocenters. The fraction of sp³-hybridized carbons (Fsp3) is 0.120. The molecule has 0 spiro atoms. The lowest BCUT2D eigenvalue weighted by Crippen LogP contribution is -2.11. The van der Waals surface area contributed by atoms with Gasteiger partial charge in [0.05, 0.1) is 16.3 Å². The second kappa shape index (κ2) is 7.69. The summed E-state index contributed by atoms with van der Waals surface area (Å²) >= 11 is 6.31. The highest BCUT2D eigenvalue weighted by molar-refractivity contribution is 6.33. The van der Waals surface area contributed by atoms with E-state index in [2.05, 4.69) is 35.3 Å². The molecule has 0 saturated carbocycles. The predicted molar refractivity (Wildman–Crippen MR) is 120 cm³/mol. The molecule has 3 heterocycles. The van der Waals surface area contributed by atoms with Crippen molar-refractivity contribution >= 4 is 34.3 Å². The van der Waals surface area contributed by atoms with Gasteiger partial charge in [-0.25, -0.2) is 0 Å². The number of furan rings is 1. The number of aliphatic imine (C=N–C) groups is 1. The molecule has 5 rings (SSSR count). The van der Waals surface area contributed by atoms with Gasteiger partial charge in [-0.3, -0.25) is 9.98 Å². The molecular weight excluding hydrogens is 380 g/mol. The van der Waals surface area contributed by atoms with E-state index in [9.17, 15) is 0 Å². The Kier molecular flexibility index (Phi) is 4.74. The standard InChI is InChI=1S/C25H19ClN2O/c26-22-8-2-1-7-21(22)24-12-10-20(29-24)16-18-6-4-14-28-25(18)19-9-11-23-17(15-19)5-3-13-27-23/h1-3,5,7-13,15-16H,4,6,14H2/b18-16-. The maximum absolute atomic E-state index is 6.31. The van der Waals surface area contributed by atoms with Crippen LogP contribution in [0.5, 0.6) is 0 Å². The predicted octanol–water partition coefficient (Wildman–Crippen LogP) is 6.81. The highest BCUT2D eigenvalue weighted by atomic mass is 35.5. The van der Waals surface area contributed by atoms with E-state index >= 15 is 0 Å². The van der Waals surface area contributed by atoms with Crippen molar-refractivity contribution in [3.8, 4) is 11.3 Å². The summed E-state index contributed by atoms with van der Waals surface area (Å²) in [5.41, 5.74) is 5.25. The minimum atomic E-state index is 0.686. The zero-order valence-corrected chi connectivity index (χ0v) is 16.6. The summed E-state index contributed by atoms with van der Waals surface area (Å²) in [6.45, 7) is 0.848. The van der Waals surface area contributed by atoms with E-state index in [1.807, 2.05) is 48.7 Å². The molecule has 4 aromatic rings. The Hall–Kier alpha value is -3.17. The number of allylic oxidation sites excluding steroid dienone is 1. The zero-order chi connectivity index (χ0) is 19.6. The third kappa shape index (κ3) is 3.62. The molecule has 0 atom stereocenters. The molecule has 4 heteroatoms. The van der Waals surface area contributed by atoms with E-state index in [0.717, 1.165) is 58.6 Å². The quantitative estimate of drug-likeness (QED) is 0.380. The van der Waals surface area contributed by atoms with Gasteiger partial charge in [-0.2, -0.15) is 0 Å². The van der Waals surface area contributed by atoms with Crippen LogP contribution in [0.1, 0.15) is 24.2 Å². The second-order valence-electron chi connectivity index (χ2n) is 7.10. The monoisotopic (exact) mass is 398 g/mol.